The fourth-order valence-electron chi connectivity index (χ4n) is 2.38. The lowest BCUT2D eigenvalue weighted by Gasteiger charge is -2.08. The Balaban J connectivity index is 1.59. The maximum Gasteiger partial charge on any atom is 0.318 e. The predicted molar refractivity (Wildman–Crippen MR) is 100 cm³/mol. The maximum atomic E-state index is 12.3. The van der Waals surface area contributed by atoms with Crippen LogP contribution in [0.25, 0.3) is 0 Å². The van der Waals surface area contributed by atoms with E-state index in [0.29, 0.717) is 23.5 Å². The summed E-state index contributed by atoms with van der Waals surface area (Å²) in [6.07, 6.45) is 3.63. The summed E-state index contributed by atoms with van der Waals surface area (Å²) in [6.45, 7) is 0.661. The molecule has 0 aliphatic carbocycles. The Labute approximate surface area is 151 Å². The van der Waals surface area contributed by atoms with Gasteiger partial charge in [0.05, 0.1) is 6.54 Å². The molecule has 0 fully saturated rings. The first kappa shape index (κ1) is 17.2. The molecule has 0 saturated carbocycles. The molecule has 3 amide bonds. The van der Waals surface area contributed by atoms with E-state index in [9.17, 15) is 9.59 Å². The van der Waals surface area contributed by atoms with Gasteiger partial charge >= 0.3 is 6.03 Å². The molecule has 132 valence electrons. The molecule has 26 heavy (non-hydrogen) atoms. The summed E-state index contributed by atoms with van der Waals surface area (Å²) in [4.78, 5) is 23.6. The number of hydrogen-bond acceptors (Lipinski definition) is 3. The SMILES string of the molecule is CNC(=O)Nc1ccc(NC(=O)c2ccc(Cn3cccn3)cc2)cc1. The third kappa shape index (κ3) is 4.47. The van der Waals surface area contributed by atoms with Gasteiger partial charge in [-0.15, -0.1) is 0 Å². The van der Waals surface area contributed by atoms with Crippen molar-refractivity contribution in [2.75, 3.05) is 17.7 Å². The number of rotatable bonds is 5. The minimum atomic E-state index is -0.294. The predicted octanol–water partition coefficient (Wildman–Crippen LogP) is 2.94. The van der Waals surface area contributed by atoms with E-state index in [2.05, 4.69) is 21.0 Å². The Morgan fingerprint density at radius 3 is 2.19 bits per heavy atom. The first-order chi connectivity index (χ1) is 12.6. The Kier molecular flexibility index (Phi) is 5.28. The summed E-state index contributed by atoms with van der Waals surface area (Å²) in [5.41, 5.74) is 2.93. The van der Waals surface area contributed by atoms with Crippen molar-refractivity contribution >= 4 is 23.3 Å². The van der Waals surface area contributed by atoms with Gasteiger partial charge in [0, 0.05) is 36.4 Å². The topological polar surface area (TPSA) is 88.0 Å². The van der Waals surface area contributed by atoms with Crippen LogP contribution in [0, 0.1) is 0 Å². The van der Waals surface area contributed by atoms with E-state index >= 15 is 0 Å². The van der Waals surface area contributed by atoms with Gasteiger partial charge in [0.15, 0.2) is 0 Å². The Hall–Kier alpha value is -3.61. The summed E-state index contributed by atoms with van der Waals surface area (Å²) < 4.78 is 1.82. The van der Waals surface area contributed by atoms with Gasteiger partial charge in [0.2, 0.25) is 0 Å². The van der Waals surface area contributed by atoms with Crippen molar-refractivity contribution in [2.24, 2.45) is 0 Å². The van der Waals surface area contributed by atoms with Crippen molar-refractivity contribution in [2.45, 2.75) is 6.54 Å². The van der Waals surface area contributed by atoms with E-state index in [1.54, 1.807) is 49.6 Å². The van der Waals surface area contributed by atoms with Crippen LogP contribution >= 0.6 is 0 Å². The molecule has 1 heterocycles. The maximum absolute atomic E-state index is 12.3. The van der Waals surface area contributed by atoms with Gasteiger partial charge in [-0.25, -0.2) is 4.79 Å². The lowest BCUT2D eigenvalue weighted by Crippen LogP contribution is -2.24. The van der Waals surface area contributed by atoms with Crippen LogP contribution in [0.5, 0.6) is 0 Å². The lowest BCUT2D eigenvalue weighted by molar-refractivity contribution is 0.102. The summed E-state index contributed by atoms with van der Waals surface area (Å²) in [6, 6.07) is 15.9. The highest BCUT2D eigenvalue weighted by Gasteiger charge is 2.07. The van der Waals surface area contributed by atoms with Crippen LogP contribution in [0.4, 0.5) is 16.2 Å². The number of aromatic nitrogens is 2. The number of anilines is 2. The van der Waals surface area contributed by atoms with Gasteiger partial charge in [-0.1, -0.05) is 12.1 Å². The van der Waals surface area contributed by atoms with Crippen LogP contribution in [0.15, 0.2) is 67.0 Å². The lowest BCUT2D eigenvalue weighted by atomic mass is 10.1. The van der Waals surface area contributed by atoms with Gasteiger partial charge in [-0.2, -0.15) is 5.10 Å². The monoisotopic (exact) mass is 349 g/mol. The number of carbonyl (C=O) groups is 2. The van der Waals surface area contributed by atoms with E-state index < -0.39 is 0 Å². The van der Waals surface area contributed by atoms with Crippen molar-refractivity contribution in [1.82, 2.24) is 15.1 Å². The number of nitrogens with zero attached hydrogens (tertiary/aromatic N) is 2. The van der Waals surface area contributed by atoms with E-state index in [4.69, 9.17) is 0 Å². The number of benzene rings is 2. The number of nitrogens with one attached hydrogen (secondary N) is 3. The van der Waals surface area contributed by atoms with Gasteiger partial charge in [0.25, 0.3) is 5.91 Å². The fourth-order valence-corrected chi connectivity index (χ4v) is 2.38. The summed E-state index contributed by atoms with van der Waals surface area (Å²) >= 11 is 0. The molecule has 1 aromatic heterocycles. The number of amides is 3. The quantitative estimate of drug-likeness (QED) is 0.662. The van der Waals surface area contributed by atoms with Crippen LogP contribution < -0.4 is 16.0 Å². The Morgan fingerprint density at radius 1 is 0.962 bits per heavy atom. The number of hydrogen-bond donors (Lipinski definition) is 3. The van der Waals surface area contributed by atoms with Crippen LogP contribution in [-0.4, -0.2) is 28.8 Å². The molecule has 0 bridgehead atoms. The second-order valence-electron chi connectivity index (χ2n) is 5.64. The van der Waals surface area contributed by atoms with Crippen molar-refractivity contribution in [3.05, 3.63) is 78.1 Å². The number of urea groups is 1. The highest BCUT2D eigenvalue weighted by molar-refractivity contribution is 6.04. The van der Waals surface area contributed by atoms with E-state index in [0.717, 1.165) is 5.56 Å². The molecule has 3 aromatic rings. The van der Waals surface area contributed by atoms with Crippen LogP contribution in [0.2, 0.25) is 0 Å². The molecular weight excluding hydrogens is 330 g/mol. The molecule has 0 spiro atoms. The molecule has 0 saturated heterocycles. The summed E-state index contributed by atoms with van der Waals surface area (Å²) in [5.74, 6) is -0.192. The third-order valence-electron chi connectivity index (χ3n) is 3.75. The van der Waals surface area contributed by atoms with Gasteiger partial charge < -0.3 is 16.0 Å². The molecule has 7 heteroatoms. The summed E-state index contributed by atoms with van der Waals surface area (Å²) in [5, 5.41) is 12.1. The average molecular weight is 349 g/mol. The van der Waals surface area contributed by atoms with Crippen molar-refractivity contribution in [3.8, 4) is 0 Å². The molecule has 3 N–H and O–H groups in total. The zero-order chi connectivity index (χ0) is 18.4. The molecule has 0 atom stereocenters. The molecular formula is C19H19N5O2. The van der Waals surface area contributed by atoms with E-state index in [1.807, 2.05) is 29.1 Å². The largest absolute Gasteiger partial charge is 0.341 e. The number of carbonyl (C=O) groups excluding carboxylic acids is 2. The van der Waals surface area contributed by atoms with E-state index in [1.165, 1.54) is 0 Å². The van der Waals surface area contributed by atoms with Gasteiger partial charge in [-0.05, 0) is 48.0 Å². The smallest absolute Gasteiger partial charge is 0.318 e. The van der Waals surface area contributed by atoms with Gasteiger partial charge in [0.1, 0.15) is 0 Å². The second-order valence-corrected chi connectivity index (χ2v) is 5.64. The minimum absolute atomic E-state index is 0.192. The molecule has 0 aliphatic heterocycles. The molecule has 2 aromatic carbocycles. The van der Waals surface area contributed by atoms with Crippen LogP contribution in [-0.2, 0) is 6.54 Å². The third-order valence-corrected chi connectivity index (χ3v) is 3.75. The first-order valence-electron chi connectivity index (χ1n) is 8.10. The normalized spacial score (nSPS) is 10.2. The Morgan fingerprint density at radius 2 is 1.62 bits per heavy atom. The van der Waals surface area contributed by atoms with Crippen molar-refractivity contribution in [3.63, 3.8) is 0 Å². The molecule has 0 unspecified atom stereocenters. The molecule has 0 radical (unpaired) electrons. The first-order valence-corrected chi connectivity index (χ1v) is 8.10. The van der Waals surface area contributed by atoms with Crippen LogP contribution in [0.1, 0.15) is 15.9 Å². The Bertz CT molecular complexity index is 871. The minimum Gasteiger partial charge on any atom is -0.341 e. The molecule has 7 nitrogen and oxygen atoms in total. The van der Waals surface area contributed by atoms with Gasteiger partial charge in [-0.3, -0.25) is 9.48 Å². The highest BCUT2D eigenvalue weighted by Crippen LogP contribution is 2.15. The molecule has 3 rings (SSSR count). The second kappa shape index (κ2) is 7.98. The van der Waals surface area contributed by atoms with Crippen molar-refractivity contribution in [1.29, 1.82) is 0 Å². The average Bonchev–Trinajstić information content (AvgIpc) is 3.17. The zero-order valence-electron chi connectivity index (χ0n) is 14.3. The zero-order valence-corrected chi connectivity index (χ0v) is 14.3. The standard InChI is InChI=1S/C19H19N5O2/c1-20-19(26)23-17-9-7-16(8-10-17)22-18(25)15-5-3-14(4-6-15)13-24-12-2-11-21-24/h2-12H,13H2,1H3,(H,22,25)(H2,20,23,26). The van der Waals surface area contributed by atoms with Crippen molar-refractivity contribution < 1.29 is 9.59 Å². The van der Waals surface area contributed by atoms with E-state index in [-0.39, 0.29) is 11.9 Å². The fraction of sp³-hybridized carbons (Fsp3) is 0.105. The van der Waals surface area contributed by atoms with Crippen LogP contribution in [0.3, 0.4) is 0 Å². The summed E-state index contributed by atoms with van der Waals surface area (Å²) in [7, 11) is 1.55. The molecule has 0 aliphatic rings. The highest BCUT2D eigenvalue weighted by atomic mass is 16.2.